The van der Waals surface area contributed by atoms with Crippen molar-refractivity contribution in [3.8, 4) is 0 Å². The first-order valence-corrected chi connectivity index (χ1v) is 5.19. The van der Waals surface area contributed by atoms with Crippen molar-refractivity contribution in [3.63, 3.8) is 0 Å². The van der Waals surface area contributed by atoms with E-state index in [1.54, 1.807) is 6.07 Å². The highest BCUT2D eigenvalue weighted by Crippen LogP contribution is 2.11. The van der Waals surface area contributed by atoms with Crippen LogP contribution in [0.4, 0.5) is 10.1 Å². The third-order valence-corrected chi connectivity index (χ3v) is 2.54. The Kier molecular flexibility index (Phi) is 4.49. The second kappa shape index (κ2) is 5.66. The van der Waals surface area contributed by atoms with Crippen LogP contribution in [0.5, 0.6) is 0 Å². The van der Waals surface area contributed by atoms with E-state index in [2.05, 4.69) is 24.1 Å². The molecule has 3 N–H and O–H groups in total. The Morgan fingerprint density at radius 2 is 2.20 bits per heavy atom. The fraction of sp³-hybridized carbons (Fsp3) is 0.545. The maximum absolute atomic E-state index is 12.5. The fourth-order valence-electron chi connectivity index (χ4n) is 1.32. The first kappa shape index (κ1) is 11.9. The molecule has 1 unspecified atom stereocenters. The van der Waals surface area contributed by atoms with Crippen LogP contribution in [0, 0.1) is 17.8 Å². The number of hydrogen-bond acceptors (Lipinski definition) is 3. The van der Waals surface area contributed by atoms with Crippen LogP contribution in [-0.4, -0.2) is 18.1 Å². The number of pyridine rings is 1. The lowest BCUT2D eigenvalue weighted by Gasteiger charge is -2.19. The molecule has 0 aliphatic heterocycles. The fourth-order valence-corrected chi connectivity index (χ4v) is 1.32. The molecule has 15 heavy (non-hydrogen) atoms. The largest absolute Gasteiger partial charge is 0.383 e. The van der Waals surface area contributed by atoms with Crippen molar-refractivity contribution >= 4 is 5.69 Å². The summed E-state index contributed by atoms with van der Waals surface area (Å²) < 4.78 is 12.5. The average molecular weight is 211 g/mol. The van der Waals surface area contributed by atoms with E-state index >= 15 is 0 Å². The monoisotopic (exact) mass is 211 g/mol. The van der Waals surface area contributed by atoms with Crippen LogP contribution < -0.4 is 11.1 Å². The number of rotatable bonds is 5. The lowest BCUT2D eigenvalue weighted by molar-refractivity contribution is 0.413. The number of halogens is 1. The minimum absolute atomic E-state index is 0.426. The number of nitrogens with one attached hydrogen (secondary N) is 1. The molecular formula is C11H18FN3. The van der Waals surface area contributed by atoms with Crippen LogP contribution in [0.1, 0.15) is 13.8 Å². The second-order valence-corrected chi connectivity index (χ2v) is 3.99. The van der Waals surface area contributed by atoms with Crippen molar-refractivity contribution in [2.75, 3.05) is 18.4 Å². The quantitative estimate of drug-likeness (QED) is 0.731. The normalized spacial score (nSPS) is 12.9. The van der Waals surface area contributed by atoms with E-state index in [0.29, 0.717) is 18.4 Å². The molecule has 0 aromatic carbocycles. The zero-order chi connectivity index (χ0) is 11.3. The number of anilines is 1. The van der Waals surface area contributed by atoms with Crippen LogP contribution in [0.25, 0.3) is 0 Å². The summed E-state index contributed by atoms with van der Waals surface area (Å²) in [6, 6.07) is 3.02. The molecule has 0 radical (unpaired) electrons. The second-order valence-electron chi connectivity index (χ2n) is 3.99. The van der Waals surface area contributed by atoms with E-state index in [-0.39, 0.29) is 0 Å². The van der Waals surface area contributed by atoms with E-state index in [1.807, 2.05) is 0 Å². The highest BCUT2D eigenvalue weighted by atomic mass is 19.1. The molecule has 0 bridgehead atoms. The van der Waals surface area contributed by atoms with Gasteiger partial charge in [-0.25, -0.2) is 4.98 Å². The molecule has 4 heteroatoms. The van der Waals surface area contributed by atoms with E-state index < -0.39 is 5.95 Å². The van der Waals surface area contributed by atoms with Gasteiger partial charge in [0, 0.05) is 6.54 Å². The van der Waals surface area contributed by atoms with Crippen molar-refractivity contribution < 1.29 is 4.39 Å². The highest BCUT2D eigenvalue weighted by Gasteiger charge is 2.10. The van der Waals surface area contributed by atoms with E-state index in [1.165, 1.54) is 12.3 Å². The van der Waals surface area contributed by atoms with Gasteiger partial charge >= 0.3 is 0 Å². The van der Waals surface area contributed by atoms with Gasteiger partial charge in [0.2, 0.25) is 5.95 Å². The predicted molar refractivity (Wildman–Crippen MR) is 60.1 cm³/mol. The third kappa shape index (κ3) is 3.83. The van der Waals surface area contributed by atoms with Gasteiger partial charge < -0.3 is 11.1 Å². The Morgan fingerprint density at radius 3 is 2.67 bits per heavy atom. The maximum atomic E-state index is 12.5. The summed E-state index contributed by atoms with van der Waals surface area (Å²) in [6.07, 6.45) is 1.49. The molecule has 1 rings (SSSR count). The van der Waals surface area contributed by atoms with Gasteiger partial charge in [-0.2, -0.15) is 4.39 Å². The van der Waals surface area contributed by atoms with Gasteiger partial charge in [0.25, 0.3) is 0 Å². The summed E-state index contributed by atoms with van der Waals surface area (Å²) >= 11 is 0. The molecule has 0 saturated carbocycles. The van der Waals surface area contributed by atoms with E-state index in [0.717, 1.165) is 12.2 Å². The summed E-state index contributed by atoms with van der Waals surface area (Å²) in [5.74, 6) is 0.505. The van der Waals surface area contributed by atoms with Gasteiger partial charge in [0.05, 0.1) is 11.9 Å². The summed E-state index contributed by atoms with van der Waals surface area (Å²) in [4.78, 5) is 3.57. The van der Waals surface area contributed by atoms with Gasteiger partial charge in [-0.3, -0.25) is 0 Å². The Balaban J connectivity index is 2.45. The summed E-state index contributed by atoms with van der Waals surface area (Å²) in [5.41, 5.74) is 6.48. The zero-order valence-corrected chi connectivity index (χ0v) is 9.20. The first-order valence-electron chi connectivity index (χ1n) is 5.19. The van der Waals surface area contributed by atoms with Gasteiger partial charge in [-0.05, 0) is 30.5 Å². The zero-order valence-electron chi connectivity index (χ0n) is 9.20. The first-order chi connectivity index (χ1) is 7.13. The summed E-state index contributed by atoms with van der Waals surface area (Å²) in [5, 5.41) is 3.20. The molecule has 0 amide bonds. The number of nitrogens with two attached hydrogens (primary N) is 1. The van der Waals surface area contributed by atoms with E-state index in [9.17, 15) is 4.39 Å². The highest BCUT2D eigenvalue weighted by molar-refractivity contribution is 5.39. The molecule has 1 aromatic heterocycles. The molecule has 1 atom stereocenters. The van der Waals surface area contributed by atoms with E-state index in [4.69, 9.17) is 5.73 Å². The van der Waals surface area contributed by atoms with Crippen LogP contribution in [0.2, 0.25) is 0 Å². The maximum Gasteiger partial charge on any atom is 0.212 e. The van der Waals surface area contributed by atoms with Gasteiger partial charge in [-0.1, -0.05) is 13.8 Å². The van der Waals surface area contributed by atoms with Crippen molar-refractivity contribution in [1.29, 1.82) is 0 Å². The molecule has 0 fully saturated rings. The van der Waals surface area contributed by atoms with Gasteiger partial charge in [-0.15, -0.1) is 0 Å². The predicted octanol–water partition coefficient (Wildman–Crippen LogP) is 1.86. The number of hydrogen-bond donors (Lipinski definition) is 2. The molecule has 0 aliphatic rings. The van der Waals surface area contributed by atoms with Crippen LogP contribution in [0.3, 0.4) is 0 Å². The van der Waals surface area contributed by atoms with Crippen molar-refractivity contribution in [2.24, 2.45) is 17.6 Å². The van der Waals surface area contributed by atoms with Gasteiger partial charge in [0.15, 0.2) is 0 Å². The minimum atomic E-state index is -0.459. The van der Waals surface area contributed by atoms with Crippen LogP contribution >= 0.6 is 0 Å². The molecule has 1 aromatic rings. The van der Waals surface area contributed by atoms with Crippen molar-refractivity contribution in [2.45, 2.75) is 13.8 Å². The Morgan fingerprint density at radius 1 is 1.47 bits per heavy atom. The molecular weight excluding hydrogens is 193 g/mol. The van der Waals surface area contributed by atoms with Crippen LogP contribution in [0.15, 0.2) is 18.3 Å². The molecule has 0 spiro atoms. The topological polar surface area (TPSA) is 50.9 Å². The van der Waals surface area contributed by atoms with Crippen molar-refractivity contribution in [3.05, 3.63) is 24.3 Å². The summed E-state index contributed by atoms with van der Waals surface area (Å²) in [7, 11) is 0. The lowest BCUT2D eigenvalue weighted by atomic mass is 9.96. The molecule has 0 saturated heterocycles. The SMILES string of the molecule is CC(C)C(CN)CNc1ccc(F)nc1. The Bertz CT molecular complexity index is 284. The van der Waals surface area contributed by atoms with Crippen molar-refractivity contribution in [1.82, 2.24) is 4.98 Å². The molecule has 0 aliphatic carbocycles. The minimum Gasteiger partial charge on any atom is -0.383 e. The lowest BCUT2D eigenvalue weighted by Crippen LogP contribution is -2.27. The smallest absolute Gasteiger partial charge is 0.212 e. The number of aromatic nitrogens is 1. The standard InChI is InChI=1S/C11H18FN3/c1-8(2)9(5-13)6-14-10-3-4-11(12)15-7-10/h3-4,7-9,14H,5-6,13H2,1-2H3. The Labute approximate surface area is 89.9 Å². The Hall–Kier alpha value is -1.16. The summed E-state index contributed by atoms with van der Waals surface area (Å²) in [6.45, 7) is 5.73. The molecule has 84 valence electrons. The van der Waals surface area contributed by atoms with Crippen LogP contribution in [-0.2, 0) is 0 Å². The average Bonchev–Trinajstić information content (AvgIpc) is 2.21. The molecule has 3 nitrogen and oxygen atoms in total. The third-order valence-electron chi connectivity index (χ3n) is 2.54. The molecule has 1 heterocycles. The van der Waals surface area contributed by atoms with Gasteiger partial charge in [0.1, 0.15) is 0 Å². The number of nitrogens with zero attached hydrogens (tertiary/aromatic N) is 1.